The molecule has 3 aromatic carbocycles. The molecule has 0 saturated heterocycles. The summed E-state index contributed by atoms with van der Waals surface area (Å²) in [4.78, 5) is 12.3. The first-order chi connectivity index (χ1) is 15.5. The van der Waals surface area contributed by atoms with Crippen molar-refractivity contribution in [3.8, 4) is 11.5 Å². The normalized spacial score (nSPS) is 11.1. The summed E-state index contributed by atoms with van der Waals surface area (Å²) < 4.78 is 17.7. The van der Waals surface area contributed by atoms with E-state index in [1.807, 2.05) is 49.4 Å². The molecule has 7 heteroatoms. The average Bonchev–Trinajstić information content (AvgIpc) is 3.23. The maximum atomic E-state index is 12.3. The zero-order valence-corrected chi connectivity index (χ0v) is 19.2. The molecule has 0 bridgehead atoms. The molecule has 6 nitrogen and oxygen atoms in total. The quantitative estimate of drug-likeness (QED) is 0.259. The molecular weight excluding hydrogens is 472 g/mol. The van der Waals surface area contributed by atoms with E-state index in [2.05, 4.69) is 32.5 Å². The van der Waals surface area contributed by atoms with Crippen LogP contribution in [0.4, 0.5) is 0 Å². The van der Waals surface area contributed by atoms with Crippen LogP contribution in [-0.4, -0.2) is 19.2 Å². The second kappa shape index (κ2) is 9.70. The van der Waals surface area contributed by atoms with E-state index in [0.717, 1.165) is 21.0 Å². The highest BCUT2D eigenvalue weighted by atomic mass is 79.9. The zero-order valence-electron chi connectivity index (χ0n) is 17.6. The number of carbonyl (C=O) groups is 1. The summed E-state index contributed by atoms with van der Waals surface area (Å²) in [5.74, 6) is 0.925. The van der Waals surface area contributed by atoms with Gasteiger partial charge in [0, 0.05) is 15.4 Å². The molecule has 0 aliphatic heterocycles. The third kappa shape index (κ3) is 5.00. The van der Waals surface area contributed by atoms with Crippen molar-refractivity contribution in [2.24, 2.45) is 5.10 Å². The minimum absolute atomic E-state index is 0.194. The highest BCUT2D eigenvalue weighted by molar-refractivity contribution is 9.10. The predicted molar refractivity (Wildman–Crippen MR) is 127 cm³/mol. The summed E-state index contributed by atoms with van der Waals surface area (Å²) >= 11 is 3.53. The summed E-state index contributed by atoms with van der Waals surface area (Å²) in [6.45, 7) is 2.47. The van der Waals surface area contributed by atoms with Gasteiger partial charge in [0.15, 0.2) is 17.3 Å². The van der Waals surface area contributed by atoms with Crippen LogP contribution in [0.3, 0.4) is 0 Å². The van der Waals surface area contributed by atoms with E-state index in [4.69, 9.17) is 13.9 Å². The van der Waals surface area contributed by atoms with Gasteiger partial charge in [0.2, 0.25) is 0 Å². The van der Waals surface area contributed by atoms with Gasteiger partial charge < -0.3 is 13.9 Å². The molecule has 0 saturated carbocycles. The van der Waals surface area contributed by atoms with Crippen molar-refractivity contribution in [3.05, 3.63) is 93.7 Å². The van der Waals surface area contributed by atoms with Crippen LogP contribution in [0.2, 0.25) is 0 Å². The lowest BCUT2D eigenvalue weighted by Gasteiger charge is -2.13. The van der Waals surface area contributed by atoms with E-state index in [0.29, 0.717) is 23.7 Å². The molecule has 1 aromatic heterocycles. The maximum absolute atomic E-state index is 12.3. The number of hydrazone groups is 1. The summed E-state index contributed by atoms with van der Waals surface area (Å²) in [6, 6.07) is 20.8. The first-order valence-corrected chi connectivity index (χ1v) is 10.7. The van der Waals surface area contributed by atoms with E-state index in [1.54, 1.807) is 25.3 Å². The van der Waals surface area contributed by atoms with Crippen LogP contribution in [0.5, 0.6) is 11.5 Å². The van der Waals surface area contributed by atoms with Gasteiger partial charge in [-0.05, 0) is 52.7 Å². The number of methoxy groups -OCH3 is 1. The molecule has 0 spiro atoms. The Morgan fingerprint density at radius 3 is 2.72 bits per heavy atom. The fourth-order valence-corrected chi connectivity index (χ4v) is 3.62. The molecule has 1 N–H and O–H groups in total. The Morgan fingerprint density at radius 1 is 1.09 bits per heavy atom. The lowest BCUT2D eigenvalue weighted by molar-refractivity contribution is 0.0929. The smallest absolute Gasteiger partial charge is 0.307 e. The molecule has 0 fully saturated rings. The number of aryl methyl sites for hydroxylation is 1. The summed E-state index contributed by atoms with van der Waals surface area (Å²) in [7, 11) is 1.58. The van der Waals surface area contributed by atoms with Crippen LogP contribution in [-0.2, 0) is 6.61 Å². The molecule has 0 unspecified atom stereocenters. The van der Waals surface area contributed by atoms with Crippen LogP contribution in [0.15, 0.2) is 80.7 Å². The van der Waals surface area contributed by atoms with Crippen LogP contribution >= 0.6 is 15.9 Å². The third-order valence-electron chi connectivity index (χ3n) is 4.78. The highest BCUT2D eigenvalue weighted by Gasteiger charge is 2.12. The van der Waals surface area contributed by atoms with Crippen molar-refractivity contribution in [1.82, 2.24) is 5.43 Å². The number of halogens is 1. The molecule has 4 aromatic rings. The molecule has 0 radical (unpaired) electrons. The maximum Gasteiger partial charge on any atom is 0.307 e. The minimum atomic E-state index is -0.432. The van der Waals surface area contributed by atoms with Gasteiger partial charge in [-0.1, -0.05) is 48.0 Å². The van der Waals surface area contributed by atoms with Gasteiger partial charge >= 0.3 is 5.91 Å². The number of nitrogens with zero attached hydrogens (tertiary/aromatic N) is 1. The Hall–Kier alpha value is -3.58. The third-order valence-corrected chi connectivity index (χ3v) is 5.47. The van der Waals surface area contributed by atoms with Crippen molar-refractivity contribution in [2.45, 2.75) is 13.5 Å². The Morgan fingerprint density at radius 2 is 1.94 bits per heavy atom. The Balaban J connectivity index is 1.44. The summed E-state index contributed by atoms with van der Waals surface area (Å²) in [5.41, 5.74) is 6.10. The van der Waals surface area contributed by atoms with E-state index in [9.17, 15) is 4.79 Å². The van der Waals surface area contributed by atoms with Gasteiger partial charge in [-0.3, -0.25) is 4.79 Å². The van der Waals surface area contributed by atoms with E-state index in [1.165, 1.54) is 11.8 Å². The highest BCUT2D eigenvalue weighted by Crippen LogP contribution is 2.33. The van der Waals surface area contributed by atoms with Crippen LogP contribution in [0.25, 0.3) is 11.0 Å². The van der Waals surface area contributed by atoms with Crippen molar-refractivity contribution in [2.75, 3.05) is 7.11 Å². The number of benzene rings is 3. The predicted octanol–water partition coefficient (Wildman–Crippen LogP) is 5.86. The van der Waals surface area contributed by atoms with E-state index >= 15 is 0 Å². The number of hydrogen-bond donors (Lipinski definition) is 1. The van der Waals surface area contributed by atoms with Gasteiger partial charge in [0.05, 0.1) is 13.3 Å². The molecule has 4 rings (SSSR count). The van der Waals surface area contributed by atoms with Crippen molar-refractivity contribution >= 4 is 39.0 Å². The number of fused-ring (bicyclic) bond motifs is 1. The first-order valence-electron chi connectivity index (χ1n) is 9.91. The summed E-state index contributed by atoms with van der Waals surface area (Å²) in [6.07, 6.45) is 1.53. The van der Waals surface area contributed by atoms with Crippen LogP contribution in [0, 0.1) is 6.92 Å². The molecule has 0 aliphatic rings. The van der Waals surface area contributed by atoms with E-state index in [-0.39, 0.29) is 5.76 Å². The minimum Gasteiger partial charge on any atom is -0.493 e. The number of amides is 1. The fourth-order valence-electron chi connectivity index (χ4n) is 3.19. The number of hydrogen-bond acceptors (Lipinski definition) is 5. The van der Waals surface area contributed by atoms with Crippen molar-refractivity contribution < 1.29 is 18.7 Å². The molecule has 0 aliphatic carbocycles. The molecule has 162 valence electrons. The molecular formula is C25H21BrN2O4. The van der Waals surface area contributed by atoms with Gasteiger partial charge in [-0.15, -0.1) is 0 Å². The van der Waals surface area contributed by atoms with Gasteiger partial charge in [-0.25, -0.2) is 5.43 Å². The zero-order chi connectivity index (χ0) is 22.5. The Kier molecular flexibility index (Phi) is 6.56. The van der Waals surface area contributed by atoms with Crippen molar-refractivity contribution in [3.63, 3.8) is 0 Å². The second-order valence-electron chi connectivity index (χ2n) is 7.15. The lowest BCUT2D eigenvalue weighted by atomic mass is 10.1. The second-order valence-corrected chi connectivity index (χ2v) is 8.00. The number of ether oxygens (including phenoxy) is 2. The fraction of sp³-hybridized carbons (Fsp3) is 0.120. The number of rotatable bonds is 7. The topological polar surface area (TPSA) is 73.1 Å². The van der Waals surface area contributed by atoms with Crippen LogP contribution in [0.1, 0.15) is 27.2 Å². The molecule has 0 atom stereocenters. The molecule has 1 heterocycles. The largest absolute Gasteiger partial charge is 0.493 e. The van der Waals surface area contributed by atoms with E-state index < -0.39 is 5.91 Å². The number of carbonyl (C=O) groups excluding carboxylic acids is 1. The van der Waals surface area contributed by atoms with Gasteiger partial charge in [-0.2, -0.15) is 5.10 Å². The van der Waals surface area contributed by atoms with Crippen molar-refractivity contribution in [1.29, 1.82) is 0 Å². The number of nitrogens with one attached hydrogen (secondary N) is 1. The molecule has 1 amide bonds. The molecule has 32 heavy (non-hydrogen) atoms. The monoisotopic (exact) mass is 492 g/mol. The Bertz CT molecular complexity index is 1260. The first kappa shape index (κ1) is 21.6. The summed E-state index contributed by atoms with van der Waals surface area (Å²) in [5, 5.41) is 4.90. The number of para-hydroxylation sites is 1. The van der Waals surface area contributed by atoms with Gasteiger partial charge in [0.1, 0.15) is 12.2 Å². The lowest BCUT2D eigenvalue weighted by Crippen LogP contribution is -2.16. The standard InChI is InChI=1S/C25H21BrN2O4/c1-16-6-5-7-17(10-16)15-31-23-13-20(26)19(12-22(23)30-2)14-27-28-25(29)24-11-18-8-3-4-9-21(18)32-24/h3-14H,15H2,1-2H3,(H,28,29)/b27-14+. The van der Waals surface area contributed by atoms with Gasteiger partial charge in [0.25, 0.3) is 0 Å². The Labute approximate surface area is 194 Å². The van der Waals surface area contributed by atoms with Crippen LogP contribution < -0.4 is 14.9 Å². The average molecular weight is 493 g/mol. The SMILES string of the molecule is COc1cc(/C=N/NC(=O)c2cc3ccccc3o2)c(Br)cc1OCc1cccc(C)c1. The number of furan rings is 1.